The largest absolute Gasteiger partial charge is 0.327 e. The second-order valence-corrected chi connectivity index (χ2v) is 6.38. The van der Waals surface area contributed by atoms with Crippen LogP contribution in [0.25, 0.3) is 0 Å². The summed E-state index contributed by atoms with van der Waals surface area (Å²) in [5.41, 5.74) is 3.16. The molecule has 0 saturated carbocycles. The van der Waals surface area contributed by atoms with Gasteiger partial charge in [-0.2, -0.15) is 0 Å². The highest BCUT2D eigenvalue weighted by Crippen LogP contribution is 2.26. The van der Waals surface area contributed by atoms with Gasteiger partial charge in [-0.25, -0.2) is 0 Å². The molecule has 1 aromatic carbocycles. The number of quaternary nitrogens is 1. The second kappa shape index (κ2) is 4.58. The third-order valence-corrected chi connectivity index (χ3v) is 3.28. The highest BCUT2D eigenvalue weighted by atomic mass is 15.3. The molecule has 1 aromatic rings. The molecule has 0 N–H and O–H groups in total. The molecule has 1 rings (SSSR count). The minimum absolute atomic E-state index is 0.301. The number of hydrogen-bond acceptors (Lipinski definition) is 0. The minimum atomic E-state index is 0.301. The Hall–Kier alpha value is -0.820. The number of nitrogens with zero attached hydrogens (tertiary/aromatic N) is 1. The molecule has 0 aliphatic carbocycles. The van der Waals surface area contributed by atoms with Gasteiger partial charge >= 0.3 is 0 Å². The molecule has 0 atom stereocenters. The summed E-state index contributed by atoms with van der Waals surface area (Å²) in [4.78, 5) is 0. The predicted molar refractivity (Wildman–Crippen MR) is 71.5 cm³/mol. The molecule has 0 saturated heterocycles. The fraction of sp³-hybridized carbons (Fsp3) is 0.600. The zero-order valence-corrected chi connectivity index (χ0v) is 11.7. The Balaban J connectivity index is 2.84. The van der Waals surface area contributed by atoms with E-state index in [4.69, 9.17) is 0 Å². The van der Waals surface area contributed by atoms with Gasteiger partial charge in [-0.1, -0.05) is 45.0 Å². The summed E-state index contributed by atoms with van der Waals surface area (Å²) in [5, 5.41) is 0. The Bertz CT molecular complexity index is 327. The fourth-order valence-electron chi connectivity index (χ4n) is 1.81. The van der Waals surface area contributed by atoms with Crippen LogP contribution in [0.5, 0.6) is 0 Å². The molecule has 90 valence electrons. The van der Waals surface area contributed by atoms with Gasteiger partial charge in [-0.3, -0.25) is 0 Å². The van der Waals surface area contributed by atoms with Gasteiger partial charge < -0.3 is 4.48 Å². The van der Waals surface area contributed by atoms with Crippen LogP contribution in [0.4, 0.5) is 0 Å². The van der Waals surface area contributed by atoms with Crippen molar-refractivity contribution in [3.05, 3.63) is 35.4 Å². The van der Waals surface area contributed by atoms with E-state index in [0.29, 0.717) is 5.41 Å². The van der Waals surface area contributed by atoms with Crippen molar-refractivity contribution >= 4 is 0 Å². The topological polar surface area (TPSA) is 0 Å². The van der Waals surface area contributed by atoms with Gasteiger partial charge in [0.2, 0.25) is 0 Å². The van der Waals surface area contributed by atoms with E-state index in [1.807, 2.05) is 0 Å². The summed E-state index contributed by atoms with van der Waals surface area (Å²) in [6, 6.07) is 9.12. The van der Waals surface area contributed by atoms with Crippen LogP contribution in [-0.4, -0.2) is 25.6 Å². The van der Waals surface area contributed by atoms with Crippen molar-refractivity contribution in [1.82, 2.24) is 0 Å². The van der Waals surface area contributed by atoms with Crippen LogP contribution in [-0.2, 0) is 12.0 Å². The van der Waals surface area contributed by atoms with E-state index in [0.717, 1.165) is 11.0 Å². The summed E-state index contributed by atoms with van der Waals surface area (Å²) < 4.78 is 0.983. The van der Waals surface area contributed by atoms with Gasteiger partial charge in [-0.05, 0) is 17.4 Å². The molecule has 1 nitrogen and oxygen atoms in total. The van der Waals surface area contributed by atoms with Gasteiger partial charge in [0.05, 0.1) is 21.1 Å². The van der Waals surface area contributed by atoms with Crippen LogP contribution in [0.1, 0.15) is 38.3 Å². The molecule has 0 spiro atoms. The third kappa shape index (κ3) is 3.64. The van der Waals surface area contributed by atoms with Crippen molar-refractivity contribution in [1.29, 1.82) is 0 Å². The SMILES string of the molecule is CCC(C)(C)c1ccc(C[N+](C)(C)C)cc1. The summed E-state index contributed by atoms with van der Waals surface area (Å²) in [6.07, 6.45) is 1.18. The molecule has 16 heavy (non-hydrogen) atoms. The quantitative estimate of drug-likeness (QED) is 0.680. The van der Waals surface area contributed by atoms with Gasteiger partial charge in [0.15, 0.2) is 0 Å². The van der Waals surface area contributed by atoms with E-state index < -0.39 is 0 Å². The number of benzene rings is 1. The van der Waals surface area contributed by atoms with E-state index in [1.165, 1.54) is 17.5 Å². The van der Waals surface area contributed by atoms with Crippen molar-refractivity contribution in [2.75, 3.05) is 21.1 Å². The first kappa shape index (κ1) is 13.2. The Kier molecular flexibility index (Phi) is 3.80. The maximum absolute atomic E-state index is 2.31. The summed E-state index contributed by atoms with van der Waals surface area (Å²) in [5.74, 6) is 0. The highest BCUT2D eigenvalue weighted by molar-refractivity contribution is 5.27. The third-order valence-electron chi connectivity index (χ3n) is 3.28. The van der Waals surface area contributed by atoms with E-state index in [9.17, 15) is 0 Å². The monoisotopic (exact) mass is 220 g/mol. The lowest BCUT2D eigenvalue weighted by Crippen LogP contribution is -2.33. The Morgan fingerprint density at radius 1 is 1.00 bits per heavy atom. The molecule has 0 aliphatic heterocycles. The summed E-state index contributed by atoms with van der Waals surface area (Å²) in [7, 11) is 6.68. The molecule has 0 aromatic heterocycles. The van der Waals surface area contributed by atoms with Gasteiger partial charge in [0.1, 0.15) is 6.54 Å². The van der Waals surface area contributed by atoms with Crippen molar-refractivity contribution < 1.29 is 4.48 Å². The molecular formula is C15H26N+. The molecule has 0 aliphatic rings. The summed E-state index contributed by atoms with van der Waals surface area (Å²) >= 11 is 0. The van der Waals surface area contributed by atoms with Crippen molar-refractivity contribution in [3.8, 4) is 0 Å². The second-order valence-electron chi connectivity index (χ2n) is 6.38. The number of hydrogen-bond donors (Lipinski definition) is 0. The minimum Gasteiger partial charge on any atom is -0.327 e. The van der Waals surface area contributed by atoms with Crippen LogP contribution < -0.4 is 0 Å². The average Bonchev–Trinajstić information content (AvgIpc) is 2.16. The first-order valence-electron chi connectivity index (χ1n) is 6.14. The lowest BCUT2D eigenvalue weighted by atomic mass is 9.82. The zero-order chi connectivity index (χ0) is 12.4. The smallest absolute Gasteiger partial charge is 0.104 e. The summed E-state index contributed by atoms with van der Waals surface area (Å²) in [6.45, 7) is 7.95. The Morgan fingerprint density at radius 2 is 1.50 bits per heavy atom. The maximum atomic E-state index is 2.31. The molecule has 0 bridgehead atoms. The Labute approximate surface area is 101 Å². The van der Waals surface area contributed by atoms with E-state index in [2.05, 4.69) is 66.2 Å². The molecular weight excluding hydrogens is 194 g/mol. The number of rotatable bonds is 4. The Morgan fingerprint density at radius 3 is 1.88 bits per heavy atom. The van der Waals surface area contributed by atoms with Crippen LogP contribution in [0, 0.1) is 0 Å². The van der Waals surface area contributed by atoms with Crippen LogP contribution in [0.3, 0.4) is 0 Å². The highest BCUT2D eigenvalue weighted by Gasteiger charge is 2.18. The van der Waals surface area contributed by atoms with Crippen LogP contribution >= 0.6 is 0 Å². The van der Waals surface area contributed by atoms with E-state index in [1.54, 1.807) is 0 Å². The molecule has 0 fully saturated rings. The van der Waals surface area contributed by atoms with E-state index >= 15 is 0 Å². The van der Waals surface area contributed by atoms with Gasteiger partial charge in [-0.15, -0.1) is 0 Å². The van der Waals surface area contributed by atoms with Crippen LogP contribution in [0.15, 0.2) is 24.3 Å². The van der Waals surface area contributed by atoms with Crippen molar-refractivity contribution in [3.63, 3.8) is 0 Å². The first-order valence-corrected chi connectivity index (χ1v) is 6.14. The van der Waals surface area contributed by atoms with E-state index in [-0.39, 0.29) is 0 Å². The lowest BCUT2D eigenvalue weighted by Gasteiger charge is -2.26. The lowest BCUT2D eigenvalue weighted by molar-refractivity contribution is -0.884. The predicted octanol–water partition coefficient (Wildman–Crippen LogP) is 3.58. The molecule has 0 amide bonds. The first-order chi connectivity index (χ1) is 7.24. The average molecular weight is 220 g/mol. The molecule has 0 radical (unpaired) electrons. The molecule has 1 heteroatoms. The van der Waals surface area contributed by atoms with Gasteiger partial charge in [0.25, 0.3) is 0 Å². The maximum Gasteiger partial charge on any atom is 0.104 e. The molecule has 0 unspecified atom stereocenters. The zero-order valence-electron chi connectivity index (χ0n) is 11.7. The normalized spacial score (nSPS) is 12.9. The standard InChI is InChI=1S/C15H26N/c1-7-15(2,3)14-10-8-13(9-11-14)12-16(4,5)6/h8-11H,7,12H2,1-6H3/q+1. The van der Waals surface area contributed by atoms with Crippen molar-refractivity contribution in [2.45, 2.75) is 39.2 Å². The van der Waals surface area contributed by atoms with Gasteiger partial charge in [0, 0.05) is 5.56 Å². The van der Waals surface area contributed by atoms with Crippen molar-refractivity contribution in [2.24, 2.45) is 0 Å². The molecule has 0 heterocycles. The van der Waals surface area contributed by atoms with Crippen LogP contribution in [0.2, 0.25) is 0 Å². The fourth-order valence-corrected chi connectivity index (χ4v) is 1.81.